The van der Waals surface area contributed by atoms with Crippen molar-refractivity contribution in [3.63, 3.8) is 0 Å². The Morgan fingerprint density at radius 2 is 2.12 bits per heavy atom. The van der Waals surface area contributed by atoms with Crippen LogP contribution in [0.4, 0.5) is 0 Å². The van der Waals surface area contributed by atoms with Crippen LogP contribution in [0.2, 0.25) is 0 Å². The van der Waals surface area contributed by atoms with Crippen LogP contribution in [-0.4, -0.2) is 19.7 Å². The van der Waals surface area contributed by atoms with E-state index in [9.17, 15) is 0 Å². The third kappa shape index (κ3) is 3.24. The number of rotatable bonds is 4. The quantitative estimate of drug-likeness (QED) is 0.840. The normalized spacial score (nSPS) is 20.7. The molecule has 16 heavy (non-hydrogen) atoms. The lowest BCUT2D eigenvalue weighted by molar-refractivity contribution is 0.218. The predicted molar refractivity (Wildman–Crippen MR) is 66.9 cm³/mol. The Balaban J connectivity index is 1.79. The minimum Gasteiger partial charge on any atom is -0.493 e. The Kier molecular flexibility index (Phi) is 4.23. The van der Waals surface area contributed by atoms with E-state index >= 15 is 0 Å². The number of aryl methyl sites for hydroxylation is 1. The summed E-state index contributed by atoms with van der Waals surface area (Å²) in [4.78, 5) is 0. The van der Waals surface area contributed by atoms with Crippen molar-refractivity contribution in [3.8, 4) is 5.75 Å². The van der Waals surface area contributed by atoms with Crippen molar-refractivity contribution < 1.29 is 4.74 Å². The molecule has 0 saturated carbocycles. The molecule has 0 amide bonds. The molecule has 1 aliphatic heterocycles. The lowest BCUT2D eigenvalue weighted by atomic mass is 10.0. The van der Waals surface area contributed by atoms with Gasteiger partial charge in [0.1, 0.15) is 5.75 Å². The van der Waals surface area contributed by atoms with Crippen LogP contribution < -0.4 is 10.1 Å². The first-order valence-electron chi connectivity index (χ1n) is 6.31. The van der Waals surface area contributed by atoms with E-state index in [-0.39, 0.29) is 0 Å². The van der Waals surface area contributed by atoms with Crippen LogP contribution in [0.3, 0.4) is 0 Å². The van der Waals surface area contributed by atoms with Crippen LogP contribution in [-0.2, 0) is 6.42 Å². The zero-order valence-electron chi connectivity index (χ0n) is 10.0. The summed E-state index contributed by atoms with van der Waals surface area (Å²) >= 11 is 0. The van der Waals surface area contributed by atoms with E-state index in [1.165, 1.54) is 24.9 Å². The van der Waals surface area contributed by atoms with Crippen LogP contribution in [0.25, 0.3) is 0 Å². The highest BCUT2D eigenvalue weighted by Gasteiger charge is 2.13. The van der Waals surface area contributed by atoms with Gasteiger partial charge < -0.3 is 10.1 Å². The van der Waals surface area contributed by atoms with Gasteiger partial charge in [0, 0.05) is 12.5 Å². The van der Waals surface area contributed by atoms with Gasteiger partial charge >= 0.3 is 0 Å². The molecule has 1 saturated heterocycles. The van der Waals surface area contributed by atoms with Gasteiger partial charge in [-0.25, -0.2) is 0 Å². The number of benzene rings is 1. The molecule has 2 heteroatoms. The molecule has 1 aliphatic rings. The zero-order chi connectivity index (χ0) is 11.2. The lowest BCUT2D eigenvalue weighted by Gasteiger charge is -2.22. The molecule has 2 nitrogen and oxygen atoms in total. The van der Waals surface area contributed by atoms with Crippen LogP contribution in [0, 0.1) is 5.92 Å². The van der Waals surface area contributed by atoms with Gasteiger partial charge in [-0.05, 0) is 43.5 Å². The molecule has 1 N–H and O–H groups in total. The third-order valence-corrected chi connectivity index (χ3v) is 3.22. The Morgan fingerprint density at radius 3 is 2.75 bits per heavy atom. The van der Waals surface area contributed by atoms with E-state index in [4.69, 9.17) is 4.74 Å². The minimum absolute atomic E-state index is 0.680. The summed E-state index contributed by atoms with van der Waals surface area (Å²) in [6.07, 6.45) is 3.66. The summed E-state index contributed by atoms with van der Waals surface area (Å²) < 4.78 is 5.80. The highest BCUT2D eigenvalue weighted by molar-refractivity contribution is 5.27. The first-order valence-corrected chi connectivity index (χ1v) is 6.31. The molecule has 1 heterocycles. The second-order valence-electron chi connectivity index (χ2n) is 4.52. The molecular weight excluding hydrogens is 198 g/mol. The van der Waals surface area contributed by atoms with Gasteiger partial charge in [0.25, 0.3) is 0 Å². The molecular formula is C14H21NO. The van der Waals surface area contributed by atoms with Gasteiger partial charge in [-0.3, -0.25) is 0 Å². The maximum atomic E-state index is 5.80. The fourth-order valence-corrected chi connectivity index (χ4v) is 2.10. The molecule has 1 atom stereocenters. The summed E-state index contributed by atoms with van der Waals surface area (Å²) in [5.74, 6) is 1.68. The smallest absolute Gasteiger partial charge is 0.119 e. The Bertz CT molecular complexity index is 301. The molecule has 0 aromatic heterocycles. The van der Waals surface area contributed by atoms with Crippen molar-refractivity contribution in [3.05, 3.63) is 29.8 Å². The van der Waals surface area contributed by atoms with Gasteiger partial charge in [-0.1, -0.05) is 19.1 Å². The van der Waals surface area contributed by atoms with E-state index in [1.54, 1.807) is 0 Å². The molecule has 0 spiro atoms. The molecule has 1 aromatic rings. The highest BCUT2D eigenvalue weighted by Crippen LogP contribution is 2.16. The van der Waals surface area contributed by atoms with E-state index in [0.29, 0.717) is 5.92 Å². The zero-order valence-corrected chi connectivity index (χ0v) is 10.0. The fourth-order valence-electron chi connectivity index (χ4n) is 2.10. The second kappa shape index (κ2) is 5.90. The molecule has 1 aromatic carbocycles. The molecule has 0 unspecified atom stereocenters. The van der Waals surface area contributed by atoms with E-state index in [0.717, 1.165) is 25.3 Å². The van der Waals surface area contributed by atoms with Crippen LogP contribution >= 0.6 is 0 Å². The molecule has 88 valence electrons. The minimum atomic E-state index is 0.680. The maximum absolute atomic E-state index is 5.80. The van der Waals surface area contributed by atoms with Crippen molar-refractivity contribution >= 4 is 0 Å². The van der Waals surface area contributed by atoms with Crippen LogP contribution in [0.5, 0.6) is 5.75 Å². The van der Waals surface area contributed by atoms with E-state index in [1.807, 2.05) is 0 Å². The van der Waals surface area contributed by atoms with Crippen molar-refractivity contribution in [2.24, 2.45) is 5.92 Å². The average Bonchev–Trinajstić information content (AvgIpc) is 2.38. The van der Waals surface area contributed by atoms with Gasteiger partial charge in [0.2, 0.25) is 0 Å². The second-order valence-corrected chi connectivity index (χ2v) is 4.52. The molecule has 0 radical (unpaired) electrons. The summed E-state index contributed by atoms with van der Waals surface area (Å²) in [6.45, 7) is 5.29. The van der Waals surface area contributed by atoms with E-state index < -0.39 is 0 Å². The predicted octanol–water partition coefficient (Wildman–Crippen LogP) is 2.63. The first-order chi connectivity index (χ1) is 7.88. The number of hydrogen-bond acceptors (Lipinski definition) is 2. The third-order valence-electron chi connectivity index (χ3n) is 3.22. The molecule has 0 bridgehead atoms. The topological polar surface area (TPSA) is 21.3 Å². The number of nitrogens with one attached hydrogen (secondary N) is 1. The van der Waals surface area contributed by atoms with Gasteiger partial charge in [0.15, 0.2) is 0 Å². The number of hydrogen-bond donors (Lipinski definition) is 1. The largest absolute Gasteiger partial charge is 0.493 e. The van der Waals surface area contributed by atoms with Crippen molar-refractivity contribution in [2.75, 3.05) is 19.7 Å². The van der Waals surface area contributed by atoms with Crippen molar-refractivity contribution in [2.45, 2.75) is 26.2 Å². The SMILES string of the molecule is CCc1ccc(OC[C@H]2CCCNC2)cc1. The monoisotopic (exact) mass is 219 g/mol. The molecule has 2 rings (SSSR count). The Hall–Kier alpha value is -1.02. The summed E-state index contributed by atoms with van der Waals surface area (Å²) in [5.41, 5.74) is 1.37. The van der Waals surface area contributed by atoms with Crippen molar-refractivity contribution in [1.29, 1.82) is 0 Å². The lowest BCUT2D eigenvalue weighted by Crippen LogP contribution is -2.33. The summed E-state index contributed by atoms with van der Waals surface area (Å²) in [6, 6.07) is 8.45. The average molecular weight is 219 g/mol. The summed E-state index contributed by atoms with van der Waals surface area (Å²) in [7, 11) is 0. The number of ether oxygens (including phenoxy) is 1. The van der Waals surface area contributed by atoms with Crippen LogP contribution in [0.1, 0.15) is 25.3 Å². The van der Waals surface area contributed by atoms with Gasteiger partial charge in [0.05, 0.1) is 6.61 Å². The van der Waals surface area contributed by atoms with Crippen LogP contribution in [0.15, 0.2) is 24.3 Å². The standard InChI is InChI=1S/C14H21NO/c1-2-12-5-7-14(8-6-12)16-11-13-4-3-9-15-10-13/h5-8,13,15H,2-4,9-11H2,1H3/t13-/m0/s1. The fraction of sp³-hybridized carbons (Fsp3) is 0.571. The van der Waals surface area contributed by atoms with Crippen molar-refractivity contribution in [1.82, 2.24) is 5.32 Å². The molecule has 0 aliphatic carbocycles. The summed E-state index contributed by atoms with van der Waals surface area (Å²) in [5, 5.41) is 3.41. The number of piperidine rings is 1. The maximum Gasteiger partial charge on any atom is 0.119 e. The first kappa shape index (κ1) is 11.5. The van der Waals surface area contributed by atoms with E-state index in [2.05, 4.69) is 36.5 Å². The van der Waals surface area contributed by atoms with Gasteiger partial charge in [-0.15, -0.1) is 0 Å². The Morgan fingerprint density at radius 1 is 1.31 bits per heavy atom. The highest BCUT2D eigenvalue weighted by atomic mass is 16.5. The molecule has 1 fully saturated rings. The van der Waals surface area contributed by atoms with Gasteiger partial charge in [-0.2, -0.15) is 0 Å². The Labute approximate surface area is 98.0 Å².